The smallest absolute Gasteiger partial charge is 0.303 e. The number of thioether (sulfide) groups is 1. The summed E-state index contributed by atoms with van der Waals surface area (Å²) >= 11 is 8.04. The van der Waals surface area contributed by atoms with E-state index in [0.717, 1.165) is 64.7 Å². The van der Waals surface area contributed by atoms with E-state index in [1.807, 2.05) is 74.1 Å². The Kier molecular flexibility index (Phi) is 10.4. The van der Waals surface area contributed by atoms with E-state index in [1.54, 1.807) is 0 Å². The Balaban J connectivity index is 0.00000405. The molecule has 0 radical (unpaired) electrons. The van der Waals surface area contributed by atoms with Crippen LogP contribution in [0.2, 0.25) is 5.02 Å². The highest BCUT2D eigenvalue weighted by Gasteiger charge is 2.44. The first-order valence-corrected chi connectivity index (χ1v) is 15.5. The van der Waals surface area contributed by atoms with Crippen molar-refractivity contribution in [1.82, 2.24) is 4.98 Å². The van der Waals surface area contributed by atoms with Gasteiger partial charge in [0.05, 0.1) is 23.2 Å². The molecule has 1 heterocycles. The van der Waals surface area contributed by atoms with Crippen LogP contribution in [0.15, 0.2) is 78.9 Å². The van der Waals surface area contributed by atoms with Crippen LogP contribution in [0.3, 0.4) is 0 Å². The van der Waals surface area contributed by atoms with Gasteiger partial charge >= 0.3 is 5.97 Å². The number of benzene rings is 3. The molecule has 1 aliphatic carbocycles. The van der Waals surface area contributed by atoms with E-state index >= 15 is 0 Å². The van der Waals surface area contributed by atoms with Crippen LogP contribution in [0.5, 0.6) is 0 Å². The second-order valence-electron chi connectivity index (χ2n) is 11.7. The number of hydrogen-bond donors (Lipinski definition) is 2. The summed E-state index contributed by atoms with van der Waals surface area (Å²) in [4.78, 5) is 16.2. The summed E-state index contributed by atoms with van der Waals surface area (Å²) in [6.07, 6.45) is 8.02. The summed E-state index contributed by atoms with van der Waals surface area (Å²) in [6, 6.07) is 26.5. The van der Waals surface area contributed by atoms with Gasteiger partial charge in [0.15, 0.2) is 0 Å². The van der Waals surface area contributed by atoms with Crippen LogP contribution in [-0.2, 0) is 16.8 Å². The third-order valence-corrected chi connectivity index (χ3v) is 9.76. The lowest BCUT2D eigenvalue weighted by atomic mass is 9.90. The van der Waals surface area contributed by atoms with Crippen LogP contribution in [0, 0.1) is 5.41 Å². The van der Waals surface area contributed by atoms with Gasteiger partial charge < -0.3 is 10.2 Å². The highest BCUT2D eigenvalue weighted by Crippen LogP contribution is 2.53. The highest BCUT2D eigenvalue weighted by molar-refractivity contribution is 7.99. The number of fused-ring (bicyclic) bond motifs is 1. The van der Waals surface area contributed by atoms with Crippen molar-refractivity contribution in [3.63, 3.8) is 0 Å². The van der Waals surface area contributed by atoms with Crippen LogP contribution in [0.4, 0.5) is 0 Å². The average molecular weight is 623 g/mol. The molecule has 0 saturated heterocycles. The minimum atomic E-state index is -0.911. The standard InChI is InChI=1S/C35H36ClNO3S.ClH/c1-34(2,40)30-9-4-3-7-25(30)13-17-32(41-23-35(18-19-35)22-33(38)39)27-8-5-6-24(20-27)10-15-29-16-12-26-11-14-28(36)21-31(26)37-29;/h3-12,14-16,20-21,32,40H,13,17-19,22-23H2,1-2H3,(H,38,39);1H/t32-;/m1./s1. The van der Waals surface area contributed by atoms with E-state index in [-0.39, 0.29) is 29.5 Å². The van der Waals surface area contributed by atoms with Crippen molar-refractivity contribution in [3.8, 4) is 0 Å². The van der Waals surface area contributed by atoms with Crippen molar-refractivity contribution in [2.45, 2.75) is 56.8 Å². The van der Waals surface area contributed by atoms with Gasteiger partial charge in [-0.05, 0) is 91.5 Å². The van der Waals surface area contributed by atoms with Crippen molar-refractivity contribution in [2.75, 3.05) is 5.75 Å². The summed E-state index contributed by atoms with van der Waals surface area (Å²) in [5, 5.41) is 22.1. The maximum absolute atomic E-state index is 11.5. The Labute approximate surface area is 263 Å². The topological polar surface area (TPSA) is 70.4 Å². The van der Waals surface area contributed by atoms with Crippen molar-refractivity contribution in [1.29, 1.82) is 0 Å². The molecule has 4 aromatic rings. The first kappa shape index (κ1) is 32.1. The first-order chi connectivity index (χ1) is 19.6. The summed E-state index contributed by atoms with van der Waals surface area (Å²) in [6.45, 7) is 3.66. The Hall–Kier alpha value is -2.83. The fourth-order valence-electron chi connectivity index (χ4n) is 5.36. The van der Waals surface area contributed by atoms with E-state index in [9.17, 15) is 15.0 Å². The van der Waals surface area contributed by atoms with Crippen molar-refractivity contribution in [2.24, 2.45) is 5.41 Å². The zero-order chi connectivity index (χ0) is 29.0. The van der Waals surface area contributed by atoms with Gasteiger partial charge in [-0.3, -0.25) is 4.79 Å². The normalized spacial score (nSPS) is 15.0. The summed E-state index contributed by atoms with van der Waals surface area (Å²) < 4.78 is 0. The minimum absolute atomic E-state index is 0. The Morgan fingerprint density at radius 1 is 1.05 bits per heavy atom. The fraction of sp³-hybridized carbons (Fsp3) is 0.314. The Morgan fingerprint density at radius 2 is 1.81 bits per heavy atom. The number of nitrogens with zero attached hydrogens (tertiary/aromatic N) is 1. The fourth-order valence-corrected chi connectivity index (χ4v) is 7.09. The molecule has 1 fully saturated rings. The minimum Gasteiger partial charge on any atom is -0.481 e. The molecule has 220 valence electrons. The lowest BCUT2D eigenvalue weighted by Gasteiger charge is -2.24. The van der Waals surface area contributed by atoms with Gasteiger partial charge in [-0.1, -0.05) is 78.3 Å². The van der Waals surface area contributed by atoms with Crippen LogP contribution in [0.1, 0.15) is 72.7 Å². The monoisotopic (exact) mass is 621 g/mol. The van der Waals surface area contributed by atoms with Crippen molar-refractivity contribution in [3.05, 3.63) is 112 Å². The lowest BCUT2D eigenvalue weighted by Crippen LogP contribution is -2.18. The molecule has 0 aliphatic heterocycles. The Bertz CT molecular complexity index is 1580. The van der Waals surface area contributed by atoms with Crippen molar-refractivity contribution >= 4 is 64.8 Å². The molecule has 5 rings (SSSR count). The molecule has 1 aliphatic rings. The number of carbonyl (C=O) groups is 1. The van der Waals surface area contributed by atoms with Gasteiger partial charge in [-0.2, -0.15) is 11.8 Å². The molecule has 1 aromatic heterocycles. The van der Waals surface area contributed by atoms with Gasteiger partial charge in [-0.15, -0.1) is 12.4 Å². The predicted molar refractivity (Wildman–Crippen MR) is 178 cm³/mol. The summed E-state index contributed by atoms with van der Waals surface area (Å²) in [5.41, 5.74) is 5.15. The first-order valence-electron chi connectivity index (χ1n) is 14.1. The van der Waals surface area contributed by atoms with Gasteiger partial charge in [0.25, 0.3) is 0 Å². The number of rotatable bonds is 12. The third kappa shape index (κ3) is 8.38. The molecule has 7 heteroatoms. The number of carboxylic acids is 1. The van der Waals surface area contributed by atoms with Gasteiger partial charge in [0.2, 0.25) is 0 Å². The van der Waals surface area contributed by atoms with E-state index in [2.05, 4.69) is 42.5 Å². The second-order valence-corrected chi connectivity index (χ2v) is 13.3. The SMILES string of the molecule is CC(C)(O)c1ccccc1CC[C@@H](SCC1(CC(=O)O)CC1)c1cccc(C=Cc2ccc3ccc(Cl)cc3n2)c1.Cl. The number of aliphatic hydroxyl groups is 1. The van der Waals surface area contributed by atoms with E-state index in [4.69, 9.17) is 16.6 Å². The van der Waals surface area contributed by atoms with E-state index in [0.29, 0.717) is 5.02 Å². The van der Waals surface area contributed by atoms with Gasteiger partial charge in [0, 0.05) is 21.4 Å². The molecule has 0 bridgehead atoms. The molecule has 42 heavy (non-hydrogen) atoms. The Morgan fingerprint density at radius 3 is 2.55 bits per heavy atom. The number of aromatic nitrogens is 1. The molecule has 0 unspecified atom stereocenters. The number of aryl methyl sites for hydroxylation is 1. The molecular formula is C35H37Cl2NO3S. The summed E-state index contributed by atoms with van der Waals surface area (Å²) in [5.74, 6) is 0.122. The zero-order valence-corrected chi connectivity index (χ0v) is 26.3. The molecule has 0 spiro atoms. The molecule has 4 nitrogen and oxygen atoms in total. The number of halogens is 2. The molecule has 0 amide bonds. The zero-order valence-electron chi connectivity index (χ0n) is 23.9. The number of pyridine rings is 1. The molecule has 3 aromatic carbocycles. The third-order valence-electron chi connectivity index (χ3n) is 7.83. The number of hydrogen-bond acceptors (Lipinski definition) is 4. The van der Waals surface area contributed by atoms with Crippen LogP contribution >= 0.6 is 35.8 Å². The molecule has 2 N–H and O–H groups in total. The summed E-state index contributed by atoms with van der Waals surface area (Å²) in [7, 11) is 0. The number of aliphatic carboxylic acids is 1. The van der Waals surface area contributed by atoms with Crippen LogP contribution < -0.4 is 0 Å². The second kappa shape index (κ2) is 13.6. The average Bonchev–Trinajstić information content (AvgIpc) is 3.70. The van der Waals surface area contributed by atoms with E-state index < -0.39 is 11.6 Å². The van der Waals surface area contributed by atoms with Crippen molar-refractivity contribution < 1.29 is 15.0 Å². The van der Waals surface area contributed by atoms with Gasteiger partial charge in [-0.25, -0.2) is 4.98 Å². The molecule has 1 atom stereocenters. The number of carboxylic acid groups (broad SMARTS) is 1. The van der Waals surface area contributed by atoms with Gasteiger partial charge in [0.1, 0.15) is 0 Å². The lowest BCUT2D eigenvalue weighted by molar-refractivity contribution is -0.138. The van der Waals surface area contributed by atoms with Crippen LogP contribution in [-0.4, -0.2) is 26.9 Å². The molecule has 1 saturated carbocycles. The largest absolute Gasteiger partial charge is 0.481 e. The maximum Gasteiger partial charge on any atom is 0.303 e. The highest BCUT2D eigenvalue weighted by atomic mass is 35.5. The van der Waals surface area contributed by atoms with E-state index in [1.165, 1.54) is 5.56 Å². The quantitative estimate of drug-likeness (QED) is 0.165. The maximum atomic E-state index is 11.5. The predicted octanol–water partition coefficient (Wildman–Crippen LogP) is 9.37. The van der Waals surface area contributed by atoms with Crippen LogP contribution in [0.25, 0.3) is 23.1 Å². The molecular weight excluding hydrogens is 585 g/mol.